The Bertz CT molecular complexity index is 821. The van der Waals surface area contributed by atoms with Gasteiger partial charge in [0.15, 0.2) is 0 Å². The van der Waals surface area contributed by atoms with Crippen LogP contribution in [0.25, 0.3) is 0 Å². The van der Waals surface area contributed by atoms with Crippen molar-refractivity contribution in [3.8, 4) is 11.5 Å². The maximum absolute atomic E-state index is 13.2. The molecule has 1 atom stereocenters. The zero-order valence-electron chi connectivity index (χ0n) is 17.5. The molecule has 0 unspecified atom stereocenters. The molecule has 9 heteroatoms. The summed E-state index contributed by atoms with van der Waals surface area (Å²) >= 11 is 0. The van der Waals surface area contributed by atoms with Crippen LogP contribution in [0.5, 0.6) is 11.5 Å². The van der Waals surface area contributed by atoms with E-state index in [1.807, 2.05) is 0 Å². The Morgan fingerprint density at radius 2 is 1.79 bits per heavy atom. The molecule has 0 saturated carbocycles. The number of nitrogens with zero attached hydrogens (tertiary/aromatic N) is 3. The lowest BCUT2D eigenvalue weighted by molar-refractivity contribution is -0.134. The van der Waals surface area contributed by atoms with Crippen molar-refractivity contribution in [2.45, 2.75) is 37.1 Å². The number of methoxy groups -OCH3 is 2. The van der Waals surface area contributed by atoms with Gasteiger partial charge in [0.2, 0.25) is 15.9 Å². The van der Waals surface area contributed by atoms with Crippen molar-refractivity contribution in [2.75, 3.05) is 53.5 Å². The minimum Gasteiger partial charge on any atom is -0.497 e. The van der Waals surface area contributed by atoms with E-state index in [9.17, 15) is 13.2 Å². The van der Waals surface area contributed by atoms with Gasteiger partial charge in [0.1, 0.15) is 16.4 Å². The van der Waals surface area contributed by atoms with E-state index < -0.39 is 10.0 Å². The lowest BCUT2D eigenvalue weighted by atomic mass is 10.0. The summed E-state index contributed by atoms with van der Waals surface area (Å²) in [7, 11) is -0.807. The van der Waals surface area contributed by atoms with Crippen molar-refractivity contribution in [3.05, 3.63) is 18.2 Å². The minimum atomic E-state index is -3.74. The number of piperidine rings is 1. The van der Waals surface area contributed by atoms with E-state index in [-0.39, 0.29) is 29.6 Å². The molecule has 0 radical (unpaired) electrons. The van der Waals surface area contributed by atoms with Gasteiger partial charge in [-0.1, -0.05) is 6.42 Å². The number of sulfonamides is 1. The van der Waals surface area contributed by atoms with Crippen LogP contribution in [0.4, 0.5) is 0 Å². The van der Waals surface area contributed by atoms with Gasteiger partial charge in [0.25, 0.3) is 0 Å². The molecule has 2 saturated heterocycles. The second-order valence-corrected chi connectivity index (χ2v) is 9.52. The van der Waals surface area contributed by atoms with Gasteiger partial charge in [0, 0.05) is 38.3 Å². The third kappa shape index (κ3) is 4.84. The van der Waals surface area contributed by atoms with Crippen molar-refractivity contribution < 1.29 is 22.7 Å². The molecule has 0 N–H and O–H groups in total. The fraction of sp³-hybridized carbons (Fsp3) is 0.650. The first-order valence-corrected chi connectivity index (χ1v) is 11.5. The van der Waals surface area contributed by atoms with Crippen molar-refractivity contribution in [3.63, 3.8) is 0 Å². The van der Waals surface area contributed by atoms with Gasteiger partial charge in [-0.2, -0.15) is 4.31 Å². The van der Waals surface area contributed by atoms with Crippen LogP contribution in [0.15, 0.2) is 23.1 Å². The van der Waals surface area contributed by atoms with E-state index in [4.69, 9.17) is 9.47 Å². The van der Waals surface area contributed by atoms with Gasteiger partial charge in [-0.15, -0.1) is 0 Å². The molecule has 3 rings (SSSR count). The second kappa shape index (κ2) is 9.32. The molecule has 162 valence electrons. The van der Waals surface area contributed by atoms with Crippen LogP contribution in [0.3, 0.4) is 0 Å². The molecule has 8 nitrogen and oxygen atoms in total. The monoisotopic (exact) mass is 425 g/mol. The average molecular weight is 426 g/mol. The fourth-order valence-electron chi connectivity index (χ4n) is 3.97. The first kappa shape index (κ1) is 21.9. The minimum absolute atomic E-state index is 0.0785. The number of amides is 1. The molecule has 2 fully saturated rings. The molecule has 0 bridgehead atoms. The zero-order valence-corrected chi connectivity index (χ0v) is 18.3. The number of rotatable bonds is 6. The van der Waals surface area contributed by atoms with Crippen molar-refractivity contribution in [1.29, 1.82) is 0 Å². The summed E-state index contributed by atoms with van der Waals surface area (Å²) < 4.78 is 38.1. The molecule has 0 aliphatic carbocycles. The fourth-order valence-corrected chi connectivity index (χ4v) is 5.56. The summed E-state index contributed by atoms with van der Waals surface area (Å²) in [5.41, 5.74) is 0. The van der Waals surface area contributed by atoms with E-state index in [0.29, 0.717) is 31.4 Å². The van der Waals surface area contributed by atoms with Crippen LogP contribution < -0.4 is 9.47 Å². The molecular weight excluding hydrogens is 394 g/mol. The van der Waals surface area contributed by atoms with E-state index in [2.05, 4.69) is 11.8 Å². The molecule has 2 heterocycles. The number of hydrogen-bond acceptors (Lipinski definition) is 6. The quantitative estimate of drug-likeness (QED) is 0.686. The Hall–Kier alpha value is -1.84. The van der Waals surface area contributed by atoms with Crippen molar-refractivity contribution >= 4 is 15.9 Å². The number of ether oxygens (including phenoxy) is 2. The van der Waals surface area contributed by atoms with Gasteiger partial charge in [-0.05, 0) is 38.4 Å². The number of piperazine rings is 1. The Morgan fingerprint density at radius 1 is 1.07 bits per heavy atom. The highest BCUT2D eigenvalue weighted by Crippen LogP contribution is 2.31. The smallest absolute Gasteiger partial charge is 0.247 e. The predicted molar refractivity (Wildman–Crippen MR) is 110 cm³/mol. The zero-order chi connectivity index (χ0) is 21.0. The second-order valence-electron chi connectivity index (χ2n) is 7.62. The van der Waals surface area contributed by atoms with Crippen molar-refractivity contribution in [2.24, 2.45) is 0 Å². The first-order valence-electron chi connectivity index (χ1n) is 10.1. The standard InChI is InChI=1S/C20H31N3O5S/c1-16-6-4-5-9-22(16)15-20(24)21-10-12-23(13-11-21)29(25,26)19-14-17(27-2)7-8-18(19)28-3/h7-8,14,16H,4-6,9-13,15H2,1-3H3/t16-/m0/s1. The van der Waals surface area contributed by atoms with Gasteiger partial charge in [-0.25, -0.2) is 8.42 Å². The normalized spacial score (nSPS) is 21.8. The van der Waals surface area contributed by atoms with E-state index in [1.54, 1.807) is 17.0 Å². The van der Waals surface area contributed by atoms with Crippen LogP contribution in [-0.4, -0.2) is 88.0 Å². The highest BCUT2D eigenvalue weighted by molar-refractivity contribution is 7.89. The molecule has 0 spiro atoms. The highest BCUT2D eigenvalue weighted by atomic mass is 32.2. The van der Waals surface area contributed by atoms with E-state index in [0.717, 1.165) is 19.4 Å². The van der Waals surface area contributed by atoms with Crippen molar-refractivity contribution in [1.82, 2.24) is 14.1 Å². The van der Waals surface area contributed by atoms with Gasteiger partial charge >= 0.3 is 0 Å². The summed E-state index contributed by atoms with van der Waals surface area (Å²) in [6.45, 7) is 4.86. The summed E-state index contributed by atoms with van der Waals surface area (Å²) in [6, 6.07) is 5.15. The number of likely N-dealkylation sites (tertiary alicyclic amines) is 1. The summed E-state index contributed by atoms with van der Waals surface area (Å²) in [5, 5.41) is 0. The SMILES string of the molecule is COc1ccc(OC)c(S(=O)(=O)N2CCN(C(=O)CN3CCCC[C@@H]3C)CC2)c1. The van der Waals surface area contributed by atoms with Gasteiger partial charge in [0.05, 0.1) is 20.8 Å². The first-order chi connectivity index (χ1) is 13.9. The molecule has 29 heavy (non-hydrogen) atoms. The number of carbonyl (C=O) groups is 1. The lowest BCUT2D eigenvalue weighted by Gasteiger charge is -2.37. The van der Waals surface area contributed by atoms with E-state index in [1.165, 1.54) is 31.0 Å². The van der Waals surface area contributed by atoms with Gasteiger partial charge < -0.3 is 14.4 Å². The van der Waals surface area contributed by atoms with Crippen LogP contribution in [0.1, 0.15) is 26.2 Å². The molecule has 2 aliphatic rings. The van der Waals surface area contributed by atoms with Gasteiger partial charge in [-0.3, -0.25) is 9.69 Å². The summed E-state index contributed by atoms with van der Waals surface area (Å²) in [4.78, 5) is 16.8. The number of hydrogen-bond donors (Lipinski definition) is 0. The maximum Gasteiger partial charge on any atom is 0.247 e. The largest absolute Gasteiger partial charge is 0.497 e. The number of benzene rings is 1. The topological polar surface area (TPSA) is 79.4 Å². The molecular formula is C20H31N3O5S. The van der Waals surface area contributed by atoms with Crippen LogP contribution in [-0.2, 0) is 14.8 Å². The maximum atomic E-state index is 13.2. The van der Waals surface area contributed by atoms with Crippen LogP contribution in [0, 0.1) is 0 Å². The Morgan fingerprint density at radius 3 is 2.41 bits per heavy atom. The summed E-state index contributed by atoms with van der Waals surface area (Å²) in [5.74, 6) is 0.812. The molecule has 1 aromatic rings. The Balaban J connectivity index is 1.64. The third-order valence-electron chi connectivity index (χ3n) is 5.86. The lowest BCUT2D eigenvalue weighted by Crippen LogP contribution is -2.53. The van der Waals surface area contributed by atoms with Crippen LogP contribution in [0.2, 0.25) is 0 Å². The third-order valence-corrected chi connectivity index (χ3v) is 7.78. The Kier molecular flexibility index (Phi) is 7.02. The molecule has 2 aliphatic heterocycles. The summed E-state index contributed by atoms with van der Waals surface area (Å²) in [6.07, 6.45) is 3.48. The molecule has 1 amide bonds. The molecule has 0 aromatic heterocycles. The Labute approximate surface area is 173 Å². The van der Waals surface area contributed by atoms with E-state index >= 15 is 0 Å². The predicted octanol–water partition coefficient (Wildman–Crippen LogP) is 1.41. The highest BCUT2D eigenvalue weighted by Gasteiger charge is 2.33. The number of carbonyl (C=O) groups excluding carboxylic acids is 1. The van der Waals surface area contributed by atoms with Crippen LogP contribution >= 0.6 is 0 Å². The molecule has 1 aromatic carbocycles. The average Bonchev–Trinajstić information content (AvgIpc) is 2.74.